The van der Waals surface area contributed by atoms with Crippen molar-refractivity contribution in [2.24, 2.45) is 0 Å². The maximum Gasteiger partial charge on any atom is 0.258 e. The second-order valence-corrected chi connectivity index (χ2v) is 6.58. The van der Waals surface area contributed by atoms with E-state index >= 15 is 0 Å². The van der Waals surface area contributed by atoms with E-state index in [2.05, 4.69) is 15.5 Å². The molecule has 142 valence electrons. The molecule has 2 aromatic carbocycles. The van der Waals surface area contributed by atoms with Gasteiger partial charge in [0.15, 0.2) is 11.6 Å². The molecule has 0 saturated carbocycles. The summed E-state index contributed by atoms with van der Waals surface area (Å²) in [5.74, 6) is 0.943. The summed E-state index contributed by atoms with van der Waals surface area (Å²) in [7, 11) is 1.89. The summed E-state index contributed by atoms with van der Waals surface area (Å²) in [6, 6.07) is 13.3. The lowest BCUT2D eigenvalue weighted by Gasteiger charge is -2.07. The smallest absolute Gasteiger partial charge is 0.258 e. The van der Waals surface area contributed by atoms with Gasteiger partial charge in [0.05, 0.1) is 5.56 Å². The normalized spacial score (nSPS) is 11.7. The Bertz CT molecular complexity index is 937. The molecular weight excluding hydrogens is 362 g/mol. The number of likely N-dealkylation sites (N-methyl/N-ethyl adjacent to an activating group) is 1. The van der Waals surface area contributed by atoms with E-state index in [-0.39, 0.29) is 24.2 Å². The highest BCUT2D eigenvalue weighted by Gasteiger charge is 2.19. The molecule has 0 bridgehead atoms. The molecule has 6 heteroatoms. The molecule has 0 amide bonds. The van der Waals surface area contributed by atoms with Gasteiger partial charge < -0.3 is 9.84 Å². The fraction of sp³-hybridized carbons (Fsp3) is 0.286. The van der Waals surface area contributed by atoms with Crippen LogP contribution in [0.5, 0.6) is 0 Å². The Kier molecular flexibility index (Phi) is 6.88. The zero-order chi connectivity index (χ0) is 18.7. The van der Waals surface area contributed by atoms with Crippen LogP contribution in [-0.4, -0.2) is 29.0 Å². The number of rotatable bonds is 6. The molecule has 0 fully saturated rings. The van der Waals surface area contributed by atoms with Crippen molar-refractivity contribution in [1.82, 2.24) is 15.5 Å². The molecule has 5 nitrogen and oxygen atoms in total. The Labute approximate surface area is 165 Å². The van der Waals surface area contributed by atoms with Crippen LogP contribution in [0.1, 0.15) is 39.8 Å². The van der Waals surface area contributed by atoms with Gasteiger partial charge in [-0.25, -0.2) is 0 Å². The molecule has 1 aromatic heterocycles. The molecular formula is C21H24ClN3O2. The molecule has 3 rings (SSSR count). The van der Waals surface area contributed by atoms with E-state index in [1.54, 1.807) is 6.07 Å². The van der Waals surface area contributed by atoms with Crippen molar-refractivity contribution in [3.63, 3.8) is 0 Å². The average molecular weight is 386 g/mol. The summed E-state index contributed by atoms with van der Waals surface area (Å²) in [5.41, 5.74) is 4.13. The number of nitrogens with one attached hydrogen (secondary N) is 1. The number of hydrogen-bond acceptors (Lipinski definition) is 5. The Morgan fingerprint density at radius 1 is 1.15 bits per heavy atom. The number of carbonyl (C=O) groups excluding carboxylic acids is 1. The van der Waals surface area contributed by atoms with Crippen LogP contribution in [0.25, 0.3) is 11.5 Å². The third-order valence-electron chi connectivity index (χ3n) is 4.62. The zero-order valence-electron chi connectivity index (χ0n) is 15.9. The first-order valence-electron chi connectivity index (χ1n) is 8.70. The molecule has 0 spiro atoms. The summed E-state index contributed by atoms with van der Waals surface area (Å²) < 4.78 is 5.42. The highest BCUT2D eigenvalue weighted by atomic mass is 35.5. The highest BCUT2D eigenvalue weighted by Crippen LogP contribution is 2.25. The van der Waals surface area contributed by atoms with Crippen LogP contribution in [-0.2, 0) is 6.42 Å². The summed E-state index contributed by atoms with van der Waals surface area (Å²) in [5, 5.41) is 7.19. The third kappa shape index (κ3) is 4.62. The van der Waals surface area contributed by atoms with Gasteiger partial charge in [-0.2, -0.15) is 4.98 Å². The predicted octanol–water partition coefficient (Wildman–Crippen LogP) is 4.16. The molecule has 1 heterocycles. The lowest BCUT2D eigenvalue weighted by atomic mass is 9.96. The molecule has 1 N–H and O–H groups in total. The standard InChI is InChI=1S/C21H23N3O2.ClH/c1-13-9-10-16(11-14(13)2)20(25)17-7-5-6-8-18(17)21-23-19(24-26-21)12-15(3)22-4;/h5-11,15,22H,12H2,1-4H3;1H. The third-order valence-corrected chi connectivity index (χ3v) is 4.62. The molecule has 0 saturated heterocycles. The average Bonchev–Trinajstić information content (AvgIpc) is 3.11. The summed E-state index contributed by atoms with van der Waals surface area (Å²) in [6.07, 6.45) is 0.660. The van der Waals surface area contributed by atoms with Gasteiger partial charge in [0.2, 0.25) is 0 Å². The number of benzene rings is 2. The summed E-state index contributed by atoms with van der Waals surface area (Å²) in [6.45, 7) is 6.09. The lowest BCUT2D eigenvalue weighted by molar-refractivity contribution is 0.103. The van der Waals surface area contributed by atoms with Crippen molar-refractivity contribution >= 4 is 18.2 Å². The van der Waals surface area contributed by atoms with Crippen LogP contribution in [0.2, 0.25) is 0 Å². The van der Waals surface area contributed by atoms with Gasteiger partial charge in [0, 0.05) is 23.6 Å². The Balaban J connectivity index is 0.00000261. The quantitative estimate of drug-likeness (QED) is 0.645. The number of halogens is 1. The molecule has 0 aliphatic rings. The van der Waals surface area contributed by atoms with E-state index in [9.17, 15) is 4.79 Å². The molecule has 27 heavy (non-hydrogen) atoms. The van der Waals surface area contributed by atoms with E-state index in [0.717, 1.165) is 11.1 Å². The number of hydrogen-bond donors (Lipinski definition) is 1. The topological polar surface area (TPSA) is 68.0 Å². The number of carbonyl (C=O) groups is 1. The molecule has 0 aliphatic heterocycles. The van der Waals surface area contributed by atoms with Crippen molar-refractivity contribution in [2.45, 2.75) is 33.2 Å². The molecule has 3 aromatic rings. The van der Waals surface area contributed by atoms with E-state index in [0.29, 0.717) is 34.8 Å². The predicted molar refractivity (Wildman–Crippen MR) is 109 cm³/mol. The van der Waals surface area contributed by atoms with E-state index in [4.69, 9.17) is 4.52 Å². The monoisotopic (exact) mass is 385 g/mol. The van der Waals surface area contributed by atoms with E-state index < -0.39 is 0 Å². The Hall–Kier alpha value is -2.50. The van der Waals surface area contributed by atoms with Crippen LogP contribution in [0.15, 0.2) is 47.0 Å². The van der Waals surface area contributed by atoms with Crippen molar-refractivity contribution < 1.29 is 9.32 Å². The van der Waals surface area contributed by atoms with Crippen LogP contribution < -0.4 is 5.32 Å². The fourth-order valence-corrected chi connectivity index (χ4v) is 2.73. The van der Waals surface area contributed by atoms with Gasteiger partial charge >= 0.3 is 0 Å². The first-order chi connectivity index (χ1) is 12.5. The van der Waals surface area contributed by atoms with Crippen LogP contribution in [0.4, 0.5) is 0 Å². The largest absolute Gasteiger partial charge is 0.334 e. The zero-order valence-corrected chi connectivity index (χ0v) is 16.8. The summed E-state index contributed by atoms with van der Waals surface area (Å²) in [4.78, 5) is 17.5. The van der Waals surface area contributed by atoms with Crippen molar-refractivity contribution in [1.29, 1.82) is 0 Å². The summed E-state index contributed by atoms with van der Waals surface area (Å²) >= 11 is 0. The van der Waals surface area contributed by atoms with Gasteiger partial charge in [0.1, 0.15) is 0 Å². The number of aromatic nitrogens is 2. The van der Waals surface area contributed by atoms with Gasteiger partial charge in [-0.1, -0.05) is 35.5 Å². The molecule has 0 aliphatic carbocycles. The lowest BCUT2D eigenvalue weighted by Crippen LogP contribution is -2.24. The molecule has 1 unspecified atom stereocenters. The van der Waals surface area contributed by atoms with Gasteiger partial charge in [-0.05, 0) is 51.1 Å². The van der Waals surface area contributed by atoms with Crippen LogP contribution >= 0.6 is 12.4 Å². The molecule has 1 atom stereocenters. The fourth-order valence-electron chi connectivity index (χ4n) is 2.73. The van der Waals surface area contributed by atoms with Crippen LogP contribution in [0.3, 0.4) is 0 Å². The van der Waals surface area contributed by atoms with Crippen molar-refractivity contribution in [3.8, 4) is 11.5 Å². The first-order valence-corrected chi connectivity index (χ1v) is 8.70. The second-order valence-electron chi connectivity index (χ2n) is 6.58. The number of aryl methyl sites for hydroxylation is 2. The minimum Gasteiger partial charge on any atom is -0.334 e. The van der Waals surface area contributed by atoms with Gasteiger partial charge in [-0.3, -0.25) is 4.79 Å². The SMILES string of the molecule is CNC(C)Cc1noc(-c2ccccc2C(=O)c2ccc(C)c(C)c2)n1.Cl. The minimum atomic E-state index is -0.0490. The highest BCUT2D eigenvalue weighted by molar-refractivity contribution is 6.12. The van der Waals surface area contributed by atoms with Gasteiger partial charge in [0.25, 0.3) is 5.89 Å². The van der Waals surface area contributed by atoms with E-state index in [1.807, 2.05) is 64.2 Å². The maximum absolute atomic E-state index is 13.0. The minimum absolute atomic E-state index is 0. The Morgan fingerprint density at radius 2 is 1.89 bits per heavy atom. The first kappa shape index (κ1) is 20.8. The van der Waals surface area contributed by atoms with Crippen molar-refractivity contribution in [2.75, 3.05) is 7.05 Å². The van der Waals surface area contributed by atoms with E-state index in [1.165, 1.54) is 0 Å². The van der Waals surface area contributed by atoms with Crippen molar-refractivity contribution in [3.05, 3.63) is 70.5 Å². The maximum atomic E-state index is 13.0. The second kappa shape index (κ2) is 8.93. The van der Waals surface area contributed by atoms with Crippen LogP contribution in [0, 0.1) is 13.8 Å². The van der Waals surface area contributed by atoms with Gasteiger partial charge in [-0.15, -0.1) is 12.4 Å². The Morgan fingerprint density at radius 3 is 2.59 bits per heavy atom. The number of ketones is 1. The molecule has 0 radical (unpaired) electrons. The number of nitrogens with zero attached hydrogens (tertiary/aromatic N) is 2.